The summed E-state index contributed by atoms with van der Waals surface area (Å²) in [6, 6.07) is 9.77. The van der Waals surface area contributed by atoms with E-state index in [1.807, 2.05) is 6.07 Å². The Bertz CT molecular complexity index is 1190. The topological polar surface area (TPSA) is 150 Å². The summed E-state index contributed by atoms with van der Waals surface area (Å²) in [5.74, 6) is -0.364. The lowest BCUT2D eigenvalue weighted by Crippen LogP contribution is -2.39. The predicted molar refractivity (Wildman–Crippen MR) is 145 cm³/mol. The summed E-state index contributed by atoms with van der Waals surface area (Å²) in [5, 5.41) is 14.3. The molecule has 1 aliphatic heterocycles. The Morgan fingerprint density at radius 2 is 1.74 bits per heavy atom. The molecule has 0 amide bonds. The number of aliphatic hydroxyl groups excluding tert-OH is 1. The molecule has 0 spiro atoms. The molecule has 0 radical (unpaired) electrons. The van der Waals surface area contributed by atoms with Gasteiger partial charge in [0.05, 0.1) is 6.04 Å². The van der Waals surface area contributed by atoms with Crippen molar-refractivity contribution in [3.8, 4) is 0 Å². The second-order valence-electron chi connectivity index (χ2n) is 10.1. The number of rotatable bonds is 16. The zero-order valence-electron chi connectivity index (χ0n) is 22.1. The van der Waals surface area contributed by atoms with Crippen molar-refractivity contribution in [1.29, 1.82) is 0 Å². The summed E-state index contributed by atoms with van der Waals surface area (Å²) in [4.78, 5) is 41.5. The third-order valence-electron chi connectivity index (χ3n) is 7.17. The molecule has 0 bridgehead atoms. The van der Waals surface area contributed by atoms with Gasteiger partial charge in [-0.05, 0) is 37.3 Å². The fourth-order valence-corrected chi connectivity index (χ4v) is 4.95. The first-order valence-electron chi connectivity index (χ1n) is 13.7. The van der Waals surface area contributed by atoms with Gasteiger partial charge in [-0.15, -0.1) is 0 Å². The number of unbranched alkanes of at least 4 members (excludes halogenated alkanes) is 8. The van der Waals surface area contributed by atoms with Gasteiger partial charge in [-0.2, -0.15) is 0 Å². The highest BCUT2D eigenvalue weighted by atomic mass is 16.5. The number of benzene rings is 1. The van der Waals surface area contributed by atoms with E-state index in [1.165, 1.54) is 48.4 Å². The standard InChI is InChI=1S/C28H39N5O5/c1-20-19-33(28(37)30-27(20)36)24-18-22(31-32-29)26(38-24)25(35)23(34)17-13-8-6-4-2-3-5-7-10-14-21-15-11-9-12-16-21/h9,11-12,15-16,19,22,24-26,35H,2-8,10,13-14,17-18H2,1H3,(H,30,36,37)/t22-,24+,25?,26-/m0/s1. The van der Waals surface area contributed by atoms with E-state index in [0.29, 0.717) is 12.0 Å². The largest absolute Gasteiger partial charge is 0.383 e. The minimum atomic E-state index is -1.45. The van der Waals surface area contributed by atoms with Crippen molar-refractivity contribution in [3.63, 3.8) is 0 Å². The monoisotopic (exact) mass is 525 g/mol. The van der Waals surface area contributed by atoms with E-state index in [0.717, 1.165) is 25.7 Å². The minimum Gasteiger partial charge on any atom is -0.383 e. The Morgan fingerprint density at radius 3 is 2.39 bits per heavy atom. The zero-order chi connectivity index (χ0) is 27.3. The van der Waals surface area contributed by atoms with E-state index in [2.05, 4.69) is 39.3 Å². The summed E-state index contributed by atoms with van der Waals surface area (Å²) in [6.07, 6.45) is 9.36. The number of ketones is 1. The van der Waals surface area contributed by atoms with Crippen LogP contribution in [-0.2, 0) is 16.0 Å². The SMILES string of the molecule is Cc1cn([C@H]2C[C@H](N=[N+]=[N-])[C@@H](C(O)C(=O)CCCCCCCCCCCc3ccccc3)O2)c(=O)[nH]c1=O. The van der Waals surface area contributed by atoms with Gasteiger partial charge in [-0.3, -0.25) is 19.1 Å². The second-order valence-corrected chi connectivity index (χ2v) is 10.1. The average Bonchev–Trinajstić information content (AvgIpc) is 3.33. The van der Waals surface area contributed by atoms with Crippen molar-refractivity contribution in [1.82, 2.24) is 9.55 Å². The molecular formula is C28H39N5O5. The molecule has 1 saturated heterocycles. The summed E-state index contributed by atoms with van der Waals surface area (Å²) < 4.78 is 6.99. The summed E-state index contributed by atoms with van der Waals surface area (Å²) in [5.41, 5.74) is 9.48. The Balaban J connectivity index is 1.33. The predicted octanol–water partition coefficient (Wildman–Crippen LogP) is 4.89. The molecule has 2 aromatic rings. The minimum absolute atomic E-state index is 0.108. The lowest BCUT2D eigenvalue weighted by molar-refractivity contribution is -0.137. The molecule has 4 atom stereocenters. The maximum Gasteiger partial charge on any atom is 0.330 e. The Hall–Kier alpha value is -3.20. The number of nitrogens with zero attached hydrogens (tertiary/aromatic N) is 4. The maximum atomic E-state index is 12.6. The fourth-order valence-electron chi connectivity index (χ4n) is 4.95. The van der Waals surface area contributed by atoms with Crippen LogP contribution < -0.4 is 11.2 Å². The molecule has 0 aliphatic carbocycles. The molecule has 0 saturated carbocycles. The van der Waals surface area contributed by atoms with Crippen LogP contribution in [0.1, 0.15) is 88.0 Å². The number of carbonyl (C=O) groups is 1. The van der Waals surface area contributed by atoms with Crippen LogP contribution in [0.3, 0.4) is 0 Å². The molecule has 1 aliphatic rings. The van der Waals surface area contributed by atoms with Crippen molar-refractivity contribution < 1.29 is 14.6 Å². The summed E-state index contributed by atoms with van der Waals surface area (Å²) in [7, 11) is 0. The number of hydrogen-bond donors (Lipinski definition) is 2. The molecule has 10 nitrogen and oxygen atoms in total. The third kappa shape index (κ3) is 8.68. The molecule has 38 heavy (non-hydrogen) atoms. The van der Waals surface area contributed by atoms with Crippen molar-refractivity contribution in [3.05, 3.63) is 78.9 Å². The Labute approximate surface area is 222 Å². The molecule has 206 valence electrons. The number of carbonyl (C=O) groups excluding carboxylic acids is 1. The van der Waals surface area contributed by atoms with Gasteiger partial charge in [0.15, 0.2) is 5.78 Å². The Morgan fingerprint density at radius 1 is 1.11 bits per heavy atom. The van der Waals surface area contributed by atoms with Crippen molar-refractivity contribution in [2.75, 3.05) is 0 Å². The molecule has 3 rings (SSSR count). The lowest BCUT2D eigenvalue weighted by Gasteiger charge is -2.21. The third-order valence-corrected chi connectivity index (χ3v) is 7.17. The number of Topliss-reactive ketones (excluding diaryl/α,β-unsaturated/α-hetero) is 1. The molecule has 1 aromatic carbocycles. The van der Waals surface area contributed by atoms with Crippen molar-refractivity contribution in [2.24, 2.45) is 5.11 Å². The van der Waals surface area contributed by atoms with Crippen LogP contribution in [0.5, 0.6) is 0 Å². The van der Waals surface area contributed by atoms with Crippen LogP contribution in [-0.4, -0.2) is 38.7 Å². The number of nitrogens with one attached hydrogen (secondary N) is 1. The fraction of sp³-hybridized carbons (Fsp3) is 0.607. The van der Waals surface area contributed by atoms with Gasteiger partial charge >= 0.3 is 5.69 Å². The van der Waals surface area contributed by atoms with E-state index < -0.39 is 35.7 Å². The first kappa shape index (κ1) is 29.4. The van der Waals surface area contributed by atoms with Gasteiger partial charge in [-0.1, -0.05) is 80.4 Å². The molecule has 1 aromatic heterocycles. The van der Waals surface area contributed by atoms with Crippen LogP contribution in [0.4, 0.5) is 0 Å². The molecule has 2 N–H and O–H groups in total. The maximum absolute atomic E-state index is 12.6. The van der Waals surface area contributed by atoms with Crippen LogP contribution >= 0.6 is 0 Å². The van der Waals surface area contributed by atoms with Gasteiger partial charge in [0, 0.05) is 29.5 Å². The Kier molecular flexibility index (Phi) is 11.8. The first-order chi connectivity index (χ1) is 18.4. The van der Waals surface area contributed by atoms with Crippen LogP contribution in [0.15, 0.2) is 51.2 Å². The summed E-state index contributed by atoms with van der Waals surface area (Å²) >= 11 is 0. The van der Waals surface area contributed by atoms with E-state index in [-0.39, 0.29) is 18.6 Å². The number of H-pyrrole nitrogens is 1. The highest BCUT2D eigenvalue weighted by Crippen LogP contribution is 2.32. The number of ether oxygens (including phenoxy) is 1. The van der Waals surface area contributed by atoms with Crippen LogP contribution in [0, 0.1) is 6.92 Å². The molecular weight excluding hydrogens is 486 g/mol. The van der Waals surface area contributed by atoms with Gasteiger partial charge in [0.2, 0.25) is 0 Å². The first-order valence-corrected chi connectivity index (χ1v) is 13.7. The lowest BCUT2D eigenvalue weighted by atomic mass is 9.98. The molecule has 2 heterocycles. The van der Waals surface area contributed by atoms with Gasteiger partial charge in [-0.25, -0.2) is 4.79 Å². The number of azide groups is 1. The number of hydrogen-bond acceptors (Lipinski definition) is 6. The van der Waals surface area contributed by atoms with Crippen molar-refractivity contribution >= 4 is 5.78 Å². The summed E-state index contributed by atoms with van der Waals surface area (Å²) in [6.45, 7) is 1.55. The number of aromatic amines is 1. The molecule has 1 unspecified atom stereocenters. The van der Waals surface area contributed by atoms with Crippen LogP contribution in [0.25, 0.3) is 10.4 Å². The number of aromatic nitrogens is 2. The van der Waals surface area contributed by atoms with Gasteiger partial charge in [0.25, 0.3) is 5.56 Å². The quantitative estimate of drug-likeness (QED) is 0.138. The van der Waals surface area contributed by atoms with Crippen molar-refractivity contribution in [2.45, 2.75) is 108 Å². The second kappa shape index (κ2) is 15.3. The number of aryl methyl sites for hydroxylation is 2. The highest BCUT2D eigenvalue weighted by Gasteiger charge is 2.42. The van der Waals surface area contributed by atoms with E-state index >= 15 is 0 Å². The zero-order valence-corrected chi connectivity index (χ0v) is 22.1. The normalized spacial score (nSPS) is 19.7. The van der Waals surface area contributed by atoms with E-state index in [4.69, 9.17) is 10.3 Å². The smallest absolute Gasteiger partial charge is 0.330 e. The van der Waals surface area contributed by atoms with E-state index in [9.17, 15) is 19.5 Å². The van der Waals surface area contributed by atoms with E-state index in [1.54, 1.807) is 6.92 Å². The van der Waals surface area contributed by atoms with Crippen LogP contribution in [0.2, 0.25) is 0 Å². The molecule has 10 heteroatoms. The van der Waals surface area contributed by atoms with Gasteiger partial charge in [0.1, 0.15) is 18.4 Å². The highest BCUT2D eigenvalue weighted by molar-refractivity contribution is 5.83. The van der Waals surface area contributed by atoms with Gasteiger partial charge < -0.3 is 9.84 Å². The number of aliphatic hydroxyl groups is 1. The average molecular weight is 526 g/mol. The molecule has 1 fully saturated rings.